The van der Waals surface area contributed by atoms with Crippen molar-refractivity contribution in [2.75, 3.05) is 34.4 Å². The van der Waals surface area contributed by atoms with Crippen molar-refractivity contribution in [3.8, 4) is 11.5 Å². The van der Waals surface area contributed by atoms with E-state index in [9.17, 15) is 9.18 Å². The summed E-state index contributed by atoms with van der Waals surface area (Å²) in [7, 11) is 4.62. The fraction of sp³-hybridized carbons (Fsp3) is 0.320. The topological polar surface area (TPSA) is 127 Å². The van der Waals surface area contributed by atoms with Crippen molar-refractivity contribution in [3.63, 3.8) is 0 Å². The highest BCUT2D eigenvalue weighted by Gasteiger charge is 2.10. The first-order valence-electron chi connectivity index (χ1n) is 10.7. The van der Waals surface area contributed by atoms with Gasteiger partial charge < -0.3 is 34.1 Å². The van der Waals surface area contributed by atoms with Gasteiger partial charge >= 0.3 is 11.9 Å². The standard InChI is InChI=1S/C23H28FNO4.C2H2O4/c1-27-21-13-10-18(16-22(21)28-2)6-4-14-25(15-5-7-23(26)29-3)17-19-8-11-20(24)12-9-19;3-1(4)2(5)6/h4,6,8-13,16H,5,7,14-15,17H2,1-3H3;(H,3,4)(H,5,6). The zero-order valence-corrected chi connectivity index (χ0v) is 19.9. The molecule has 0 aliphatic carbocycles. The minimum Gasteiger partial charge on any atom is -0.539 e. The normalized spacial score (nSPS) is 11.2. The van der Waals surface area contributed by atoms with E-state index in [0.29, 0.717) is 17.9 Å². The average Bonchev–Trinajstić information content (AvgIpc) is 2.85. The quantitative estimate of drug-likeness (QED) is 0.348. The van der Waals surface area contributed by atoms with E-state index in [1.54, 1.807) is 26.4 Å². The molecule has 10 heteroatoms. The number of ether oxygens (including phenoxy) is 3. The van der Waals surface area contributed by atoms with Crippen molar-refractivity contribution < 1.29 is 48.1 Å². The Morgan fingerprint density at radius 1 is 1.03 bits per heavy atom. The van der Waals surface area contributed by atoms with E-state index >= 15 is 0 Å². The Morgan fingerprint density at radius 3 is 2.20 bits per heavy atom. The van der Waals surface area contributed by atoms with Gasteiger partial charge in [0, 0.05) is 12.0 Å². The molecule has 2 aromatic rings. The van der Waals surface area contributed by atoms with Gasteiger partial charge in [0.05, 0.1) is 40.8 Å². The monoisotopic (exact) mass is 491 g/mol. The lowest BCUT2D eigenvalue weighted by molar-refractivity contribution is -0.908. The summed E-state index contributed by atoms with van der Waals surface area (Å²) < 4.78 is 28.5. The zero-order chi connectivity index (χ0) is 26.2. The van der Waals surface area contributed by atoms with E-state index in [0.717, 1.165) is 37.2 Å². The molecule has 0 radical (unpaired) electrons. The van der Waals surface area contributed by atoms with Gasteiger partial charge in [-0.2, -0.15) is 0 Å². The van der Waals surface area contributed by atoms with Gasteiger partial charge in [0.25, 0.3) is 0 Å². The molecule has 2 aromatic carbocycles. The number of hydrogen-bond donors (Lipinski definition) is 2. The molecular formula is C25H30FNO8. The molecule has 2 N–H and O–H groups in total. The highest BCUT2D eigenvalue weighted by atomic mass is 19.1. The van der Waals surface area contributed by atoms with Crippen molar-refractivity contribution in [1.29, 1.82) is 0 Å². The lowest BCUT2D eigenvalue weighted by Gasteiger charge is -2.18. The van der Waals surface area contributed by atoms with Crippen LogP contribution in [0.2, 0.25) is 0 Å². The van der Waals surface area contributed by atoms with Crippen LogP contribution in [-0.4, -0.2) is 57.4 Å². The van der Waals surface area contributed by atoms with Crippen LogP contribution in [0.5, 0.6) is 11.5 Å². The Labute approximate surface area is 203 Å². The van der Waals surface area contributed by atoms with Crippen LogP contribution in [0, 0.1) is 5.82 Å². The molecule has 1 unspecified atom stereocenters. The number of hydrogen-bond acceptors (Lipinski definition) is 7. The third kappa shape index (κ3) is 11.7. The Kier molecular flexibility index (Phi) is 13.2. The molecule has 2 rings (SSSR count). The summed E-state index contributed by atoms with van der Waals surface area (Å²) in [6.07, 6.45) is 5.25. The van der Waals surface area contributed by atoms with Crippen LogP contribution in [-0.2, 0) is 25.7 Å². The van der Waals surface area contributed by atoms with Crippen LogP contribution in [0.25, 0.3) is 6.08 Å². The summed E-state index contributed by atoms with van der Waals surface area (Å²) in [6, 6.07) is 12.3. The van der Waals surface area contributed by atoms with Crippen molar-refractivity contribution in [2.24, 2.45) is 0 Å². The molecular weight excluding hydrogens is 461 g/mol. The summed E-state index contributed by atoms with van der Waals surface area (Å²) >= 11 is 0. The van der Waals surface area contributed by atoms with Crippen LogP contribution in [0.3, 0.4) is 0 Å². The van der Waals surface area contributed by atoms with E-state index < -0.39 is 11.9 Å². The van der Waals surface area contributed by atoms with Gasteiger partial charge in [0.15, 0.2) is 17.5 Å². The number of carbonyl (C=O) groups is 3. The molecule has 1 atom stereocenters. The third-order valence-electron chi connectivity index (χ3n) is 4.81. The van der Waals surface area contributed by atoms with Crippen LogP contribution in [0.15, 0.2) is 48.5 Å². The number of halogens is 1. The van der Waals surface area contributed by atoms with E-state index in [2.05, 4.69) is 6.08 Å². The van der Waals surface area contributed by atoms with Gasteiger partial charge in [0.1, 0.15) is 12.4 Å². The Morgan fingerprint density at radius 2 is 1.66 bits per heavy atom. The van der Waals surface area contributed by atoms with Crippen LogP contribution in [0.1, 0.15) is 24.0 Å². The molecule has 0 amide bonds. The smallest absolute Gasteiger partial charge is 0.351 e. The number of methoxy groups -OCH3 is 3. The van der Waals surface area contributed by atoms with E-state index in [1.807, 2.05) is 24.3 Å². The van der Waals surface area contributed by atoms with Crippen LogP contribution < -0.4 is 19.5 Å². The maximum atomic E-state index is 13.2. The molecule has 0 spiro atoms. The number of aliphatic carboxylic acids is 2. The fourth-order valence-corrected chi connectivity index (χ4v) is 3.06. The molecule has 35 heavy (non-hydrogen) atoms. The fourth-order valence-electron chi connectivity index (χ4n) is 3.06. The summed E-state index contributed by atoms with van der Waals surface area (Å²) in [5.74, 6) is -3.08. The number of quaternary nitrogens is 1. The second kappa shape index (κ2) is 15.8. The summed E-state index contributed by atoms with van der Waals surface area (Å²) in [5, 5.41) is 16.3. The predicted molar refractivity (Wildman–Crippen MR) is 123 cm³/mol. The Bertz CT molecular complexity index is 979. The SMILES string of the molecule is COC(=O)CCC[NH+](CC=Cc1ccc(OC)c(OC)c1)Cc1ccc(F)cc1.O=C([O-])C(=O)O. The highest BCUT2D eigenvalue weighted by molar-refractivity contribution is 6.26. The first-order valence-corrected chi connectivity index (χ1v) is 10.7. The first kappa shape index (κ1) is 29.1. The molecule has 0 heterocycles. The number of carboxylic acid groups (broad SMARTS) is 2. The molecule has 0 bridgehead atoms. The van der Waals surface area contributed by atoms with Gasteiger partial charge in [-0.15, -0.1) is 0 Å². The van der Waals surface area contributed by atoms with Gasteiger partial charge in [-0.05, 0) is 35.9 Å². The second-order valence-corrected chi connectivity index (χ2v) is 7.30. The molecule has 0 saturated heterocycles. The van der Waals surface area contributed by atoms with Crippen molar-refractivity contribution in [3.05, 3.63) is 65.5 Å². The van der Waals surface area contributed by atoms with E-state index in [-0.39, 0.29) is 11.8 Å². The number of carboxylic acids is 2. The minimum atomic E-state index is -2.07. The summed E-state index contributed by atoms with van der Waals surface area (Å²) in [5.41, 5.74) is 2.07. The lowest BCUT2D eigenvalue weighted by atomic mass is 10.1. The number of nitrogens with one attached hydrogen (secondary N) is 1. The molecule has 0 aliphatic rings. The number of carbonyl (C=O) groups excluding carboxylic acids is 2. The largest absolute Gasteiger partial charge is 0.539 e. The van der Waals surface area contributed by atoms with Crippen molar-refractivity contribution in [1.82, 2.24) is 0 Å². The average molecular weight is 492 g/mol. The highest BCUT2D eigenvalue weighted by Crippen LogP contribution is 2.27. The molecule has 9 nitrogen and oxygen atoms in total. The van der Waals surface area contributed by atoms with Gasteiger partial charge in [-0.3, -0.25) is 4.79 Å². The van der Waals surface area contributed by atoms with Crippen LogP contribution in [0.4, 0.5) is 4.39 Å². The van der Waals surface area contributed by atoms with Crippen molar-refractivity contribution >= 4 is 24.0 Å². The molecule has 0 saturated carbocycles. The summed E-state index contributed by atoms with van der Waals surface area (Å²) in [4.78, 5) is 30.7. The minimum absolute atomic E-state index is 0.202. The maximum absolute atomic E-state index is 13.2. The van der Waals surface area contributed by atoms with E-state index in [4.69, 9.17) is 34.0 Å². The third-order valence-corrected chi connectivity index (χ3v) is 4.81. The molecule has 0 aliphatic heterocycles. The maximum Gasteiger partial charge on any atom is 0.351 e. The van der Waals surface area contributed by atoms with Crippen molar-refractivity contribution in [2.45, 2.75) is 19.4 Å². The van der Waals surface area contributed by atoms with Gasteiger partial charge in [-0.1, -0.05) is 24.3 Å². The van der Waals surface area contributed by atoms with E-state index in [1.165, 1.54) is 24.1 Å². The molecule has 190 valence electrons. The Balaban J connectivity index is 0.000000905. The predicted octanol–water partition coefficient (Wildman–Crippen LogP) is 0.715. The second-order valence-electron chi connectivity index (χ2n) is 7.30. The molecule has 0 fully saturated rings. The Hall–Kier alpha value is -3.92. The number of rotatable bonds is 11. The zero-order valence-electron chi connectivity index (χ0n) is 19.9. The van der Waals surface area contributed by atoms with Crippen LogP contribution >= 0.6 is 0 Å². The summed E-state index contributed by atoms with van der Waals surface area (Å²) in [6.45, 7) is 2.33. The molecule has 0 aromatic heterocycles. The van der Waals surface area contributed by atoms with Gasteiger partial charge in [-0.25, -0.2) is 9.18 Å². The number of esters is 1. The number of benzene rings is 2. The van der Waals surface area contributed by atoms with Gasteiger partial charge in [0.2, 0.25) is 0 Å². The first-order chi connectivity index (χ1) is 16.7. The lowest BCUT2D eigenvalue weighted by Crippen LogP contribution is -3.10.